The Kier molecular flexibility index (Phi) is 5.74. The number of para-hydroxylation sites is 1. The summed E-state index contributed by atoms with van der Waals surface area (Å²) < 4.78 is 15.6. The molecule has 1 heterocycles. The van der Waals surface area contributed by atoms with Crippen LogP contribution in [0.4, 0.5) is 5.69 Å². The molecule has 0 spiro atoms. The molecule has 8 heteroatoms. The van der Waals surface area contributed by atoms with Gasteiger partial charge >= 0.3 is 7.82 Å². The topological polar surface area (TPSA) is 99.4 Å². The lowest BCUT2D eigenvalue weighted by atomic mass is 10.00. The fourth-order valence-electron chi connectivity index (χ4n) is 3.54. The zero-order valence-electron chi connectivity index (χ0n) is 16.8. The van der Waals surface area contributed by atoms with Gasteiger partial charge in [0.05, 0.1) is 17.9 Å². The van der Waals surface area contributed by atoms with Crippen LogP contribution < -0.4 is 9.42 Å². The summed E-state index contributed by atoms with van der Waals surface area (Å²) in [6.45, 7) is 2.06. The second-order valence-electron chi connectivity index (χ2n) is 7.19. The number of carbonyl (C=O) groups excluding carboxylic acids is 1. The number of hydrogen-bond donors (Lipinski definition) is 2. The lowest BCUT2D eigenvalue weighted by molar-refractivity contribution is -0.119. The fraction of sp³-hybridized carbons (Fsp3) is 0.130. The van der Waals surface area contributed by atoms with E-state index in [0.717, 1.165) is 28.1 Å². The van der Waals surface area contributed by atoms with Crippen molar-refractivity contribution < 1.29 is 23.7 Å². The molecule has 3 aromatic carbocycles. The number of phosphoric ester groups is 1. The molecule has 1 atom stereocenters. The number of benzene rings is 3. The van der Waals surface area contributed by atoms with Crippen LogP contribution in [0.25, 0.3) is 0 Å². The van der Waals surface area contributed by atoms with Crippen LogP contribution >= 0.6 is 7.82 Å². The maximum Gasteiger partial charge on any atom is 0.524 e. The van der Waals surface area contributed by atoms with Crippen LogP contribution in [0.5, 0.6) is 5.75 Å². The van der Waals surface area contributed by atoms with E-state index in [1.165, 1.54) is 12.1 Å². The Balaban J connectivity index is 1.70. The van der Waals surface area contributed by atoms with Crippen molar-refractivity contribution in [3.8, 4) is 5.75 Å². The predicted molar refractivity (Wildman–Crippen MR) is 118 cm³/mol. The second kappa shape index (κ2) is 8.47. The molecule has 158 valence electrons. The van der Waals surface area contributed by atoms with Gasteiger partial charge in [0.1, 0.15) is 11.8 Å². The Morgan fingerprint density at radius 1 is 0.968 bits per heavy atom. The van der Waals surface area contributed by atoms with Gasteiger partial charge in [0.15, 0.2) is 0 Å². The van der Waals surface area contributed by atoms with Crippen molar-refractivity contribution in [2.75, 3.05) is 4.90 Å². The Labute approximate surface area is 179 Å². The molecule has 7 nitrogen and oxygen atoms in total. The highest BCUT2D eigenvalue weighted by Crippen LogP contribution is 2.37. The molecule has 0 aliphatic carbocycles. The van der Waals surface area contributed by atoms with Crippen molar-refractivity contribution in [3.05, 3.63) is 95.6 Å². The number of anilines is 1. The largest absolute Gasteiger partial charge is 0.524 e. The average molecular weight is 436 g/mol. The Bertz CT molecular complexity index is 1170. The van der Waals surface area contributed by atoms with E-state index in [2.05, 4.69) is 4.52 Å². The van der Waals surface area contributed by atoms with Crippen molar-refractivity contribution in [1.29, 1.82) is 0 Å². The zero-order valence-corrected chi connectivity index (χ0v) is 17.6. The van der Waals surface area contributed by atoms with E-state index in [1.54, 1.807) is 24.0 Å². The van der Waals surface area contributed by atoms with Gasteiger partial charge in [0.2, 0.25) is 0 Å². The first-order chi connectivity index (χ1) is 14.8. The highest BCUT2D eigenvalue weighted by Gasteiger charge is 2.29. The molecular weight excluding hydrogens is 415 g/mol. The summed E-state index contributed by atoms with van der Waals surface area (Å²) in [7, 11) is -4.62. The van der Waals surface area contributed by atoms with Crippen LogP contribution in [0.3, 0.4) is 0 Å². The van der Waals surface area contributed by atoms with Crippen LogP contribution in [0.1, 0.15) is 23.6 Å². The average Bonchev–Trinajstić information content (AvgIpc) is 2.85. The van der Waals surface area contributed by atoms with Crippen LogP contribution in [-0.4, -0.2) is 27.4 Å². The first-order valence-corrected chi connectivity index (χ1v) is 11.2. The lowest BCUT2D eigenvalue weighted by Crippen LogP contribution is -2.36. The standard InChI is InChI=1S/C23H21N2O5P/c1-16-23(26)25(15-17-11-13-19(14-12-17)30-31(27,28)29)21-10-6-5-9-20(21)22(24-16)18-7-3-2-4-8-18/h2-14,16H,15H2,1H3,(H2,27,28,29)/t16-/m0/s1. The number of carbonyl (C=O) groups is 1. The minimum Gasteiger partial charge on any atom is -0.404 e. The monoisotopic (exact) mass is 436 g/mol. The molecular formula is C23H21N2O5P. The van der Waals surface area contributed by atoms with E-state index in [0.29, 0.717) is 0 Å². The molecule has 0 saturated carbocycles. The van der Waals surface area contributed by atoms with Crippen molar-refractivity contribution in [3.63, 3.8) is 0 Å². The van der Waals surface area contributed by atoms with Crippen LogP contribution in [0.15, 0.2) is 83.9 Å². The van der Waals surface area contributed by atoms with Crippen molar-refractivity contribution in [1.82, 2.24) is 0 Å². The van der Waals surface area contributed by atoms with E-state index in [-0.39, 0.29) is 18.2 Å². The first-order valence-electron chi connectivity index (χ1n) is 9.70. The van der Waals surface area contributed by atoms with Crippen molar-refractivity contribution >= 4 is 25.1 Å². The third-order valence-corrected chi connectivity index (χ3v) is 5.38. The Morgan fingerprint density at radius 2 is 1.61 bits per heavy atom. The molecule has 3 aromatic rings. The maximum absolute atomic E-state index is 13.2. The van der Waals surface area contributed by atoms with Gasteiger partial charge in [0.25, 0.3) is 5.91 Å². The number of fused-ring (bicyclic) bond motifs is 1. The van der Waals surface area contributed by atoms with Gasteiger partial charge in [-0.15, -0.1) is 0 Å². The van der Waals surface area contributed by atoms with Gasteiger partial charge in [-0.1, -0.05) is 60.7 Å². The van der Waals surface area contributed by atoms with Crippen molar-refractivity contribution in [2.45, 2.75) is 19.5 Å². The van der Waals surface area contributed by atoms with E-state index in [4.69, 9.17) is 14.8 Å². The highest BCUT2D eigenvalue weighted by molar-refractivity contribution is 7.46. The SMILES string of the molecule is C[C@@H]1N=C(c2ccccc2)c2ccccc2N(Cc2ccc(OP(=O)(O)O)cc2)C1=O. The van der Waals surface area contributed by atoms with Crippen LogP contribution in [0, 0.1) is 0 Å². The molecule has 1 aliphatic rings. The second-order valence-corrected chi connectivity index (χ2v) is 8.35. The molecule has 4 rings (SSSR count). The maximum atomic E-state index is 13.2. The Morgan fingerprint density at radius 3 is 2.29 bits per heavy atom. The minimum absolute atomic E-state index is 0.0581. The summed E-state index contributed by atoms with van der Waals surface area (Å²) >= 11 is 0. The summed E-state index contributed by atoms with van der Waals surface area (Å²) in [5, 5.41) is 0. The van der Waals surface area contributed by atoms with E-state index in [1.807, 2.05) is 54.6 Å². The summed E-state index contributed by atoms with van der Waals surface area (Å²) in [6.07, 6.45) is 0. The number of amides is 1. The highest BCUT2D eigenvalue weighted by atomic mass is 31.2. The molecule has 1 amide bonds. The van der Waals surface area contributed by atoms with E-state index >= 15 is 0 Å². The normalized spacial score (nSPS) is 16.4. The van der Waals surface area contributed by atoms with Gasteiger partial charge in [-0.3, -0.25) is 19.6 Å². The van der Waals surface area contributed by atoms with Gasteiger partial charge < -0.3 is 9.42 Å². The third kappa shape index (κ3) is 4.75. The number of benzodiazepines with no additional fused rings is 1. The summed E-state index contributed by atoms with van der Waals surface area (Å²) in [6, 6.07) is 23.1. The van der Waals surface area contributed by atoms with Gasteiger partial charge in [-0.25, -0.2) is 4.57 Å². The number of hydrogen-bond acceptors (Lipinski definition) is 4. The minimum atomic E-state index is -4.62. The predicted octanol–water partition coefficient (Wildman–Crippen LogP) is 3.93. The van der Waals surface area contributed by atoms with Crippen LogP contribution in [-0.2, 0) is 15.9 Å². The fourth-order valence-corrected chi connectivity index (χ4v) is 3.93. The first kappa shape index (κ1) is 21.0. The molecule has 31 heavy (non-hydrogen) atoms. The lowest BCUT2D eigenvalue weighted by Gasteiger charge is -2.24. The number of nitrogens with zero attached hydrogens (tertiary/aromatic N) is 2. The Hall–Kier alpha value is -3.25. The van der Waals surface area contributed by atoms with Gasteiger partial charge in [0, 0.05) is 11.1 Å². The molecule has 0 unspecified atom stereocenters. The molecule has 0 saturated heterocycles. The molecule has 1 aliphatic heterocycles. The summed E-state index contributed by atoms with van der Waals surface area (Å²) in [4.78, 5) is 37.6. The molecule has 0 bridgehead atoms. The molecule has 0 fully saturated rings. The molecule has 2 N–H and O–H groups in total. The zero-order chi connectivity index (χ0) is 22.0. The number of aliphatic imine (C=N–C) groups is 1. The van der Waals surface area contributed by atoms with Gasteiger partial charge in [-0.2, -0.15) is 0 Å². The number of phosphoric acid groups is 1. The number of rotatable bonds is 5. The summed E-state index contributed by atoms with van der Waals surface area (Å²) in [5.74, 6) is -0.0725. The molecule has 0 aromatic heterocycles. The summed E-state index contributed by atoms with van der Waals surface area (Å²) in [5.41, 5.74) is 4.12. The quantitative estimate of drug-likeness (QED) is 0.591. The third-order valence-electron chi connectivity index (χ3n) is 4.93. The van der Waals surface area contributed by atoms with Crippen molar-refractivity contribution in [2.24, 2.45) is 4.99 Å². The molecule has 0 radical (unpaired) electrons. The van der Waals surface area contributed by atoms with Gasteiger partial charge in [-0.05, 0) is 30.7 Å². The smallest absolute Gasteiger partial charge is 0.404 e. The van der Waals surface area contributed by atoms with E-state index in [9.17, 15) is 9.36 Å². The van der Waals surface area contributed by atoms with Crippen LogP contribution in [0.2, 0.25) is 0 Å². The van der Waals surface area contributed by atoms with E-state index < -0.39 is 13.9 Å².